The lowest BCUT2D eigenvalue weighted by molar-refractivity contribution is -0.126. The van der Waals surface area contributed by atoms with Gasteiger partial charge in [0.1, 0.15) is 0 Å². The van der Waals surface area contributed by atoms with Crippen LogP contribution in [0.3, 0.4) is 0 Å². The van der Waals surface area contributed by atoms with Gasteiger partial charge in [-0.1, -0.05) is 32.4 Å². The second-order valence-corrected chi connectivity index (χ2v) is 7.68. The van der Waals surface area contributed by atoms with Crippen LogP contribution in [0, 0.1) is 5.41 Å². The molecule has 1 saturated carbocycles. The van der Waals surface area contributed by atoms with Gasteiger partial charge in [-0.25, -0.2) is 0 Å². The number of carbonyl (C=O) groups excluding carboxylic acids is 1. The van der Waals surface area contributed by atoms with E-state index in [2.05, 4.69) is 19.2 Å². The van der Waals surface area contributed by atoms with E-state index in [0.29, 0.717) is 11.5 Å². The van der Waals surface area contributed by atoms with Crippen molar-refractivity contribution in [2.45, 2.75) is 64.8 Å². The van der Waals surface area contributed by atoms with Gasteiger partial charge in [0, 0.05) is 11.7 Å². The van der Waals surface area contributed by atoms with Crippen LogP contribution in [0.5, 0.6) is 0 Å². The van der Waals surface area contributed by atoms with Crippen molar-refractivity contribution in [3.8, 4) is 0 Å². The third-order valence-electron chi connectivity index (χ3n) is 4.74. The van der Waals surface area contributed by atoms with Gasteiger partial charge in [-0.15, -0.1) is 0 Å². The molecule has 1 atom stereocenters. The summed E-state index contributed by atoms with van der Waals surface area (Å²) in [6, 6.07) is 7.90. The van der Waals surface area contributed by atoms with Crippen molar-refractivity contribution in [2.75, 3.05) is 5.73 Å². The third kappa shape index (κ3) is 3.78. The number of anilines is 1. The van der Waals surface area contributed by atoms with Crippen LogP contribution in [0.1, 0.15) is 58.9 Å². The number of carbonyl (C=O) groups is 1. The summed E-state index contributed by atoms with van der Waals surface area (Å²) in [6.45, 7) is 8.52. The Morgan fingerprint density at radius 2 is 1.90 bits per heavy atom. The van der Waals surface area contributed by atoms with E-state index < -0.39 is 5.41 Å². The predicted molar refractivity (Wildman–Crippen MR) is 88.1 cm³/mol. The molecule has 1 aromatic rings. The number of nitrogen functional groups attached to an aromatic ring is 1. The van der Waals surface area contributed by atoms with Crippen molar-refractivity contribution in [3.05, 3.63) is 29.8 Å². The van der Waals surface area contributed by atoms with Crippen molar-refractivity contribution in [1.29, 1.82) is 0 Å². The Balaban J connectivity index is 2.06. The molecule has 0 spiro atoms. The standard InChI is InChI=1S/C18H28N2O/c1-17(2)11-5-6-15(12-17)20-16(21)18(3,4)13-7-9-14(19)10-8-13/h7-10,15H,5-6,11-12,19H2,1-4H3,(H,20,21). The van der Waals surface area contributed by atoms with Crippen molar-refractivity contribution < 1.29 is 4.79 Å². The van der Waals surface area contributed by atoms with Crippen molar-refractivity contribution in [1.82, 2.24) is 5.32 Å². The van der Waals surface area contributed by atoms with Crippen LogP contribution in [0.4, 0.5) is 5.69 Å². The highest BCUT2D eigenvalue weighted by Gasteiger charge is 2.34. The molecule has 0 saturated heterocycles. The minimum atomic E-state index is -0.532. The number of hydrogen-bond donors (Lipinski definition) is 2. The van der Waals surface area contributed by atoms with Crippen LogP contribution in [0.15, 0.2) is 24.3 Å². The average Bonchev–Trinajstić information content (AvgIpc) is 2.38. The molecule has 2 rings (SSSR count). The highest BCUT2D eigenvalue weighted by molar-refractivity contribution is 5.87. The minimum absolute atomic E-state index is 0.106. The molecule has 1 aromatic carbocycles. The number of benzene rings is 1. The number of rotatable bonds is 3. The second kappa shape index (κ2) is 5.70. The van der Waals surface area contributed by atoms with E-state index in [4.69, 9.17) is 5.73 Å². The van der Waals surface area contributed by atoms with Crippen LogP contribution >= 0.6 is 0 Å². The first-order valence-corrected chi connectivity index (χ1v) is 7.88. The van der Waals surface area contributed by atoms with Gasteiger partial charge >= 0.3 is 0 Å². The monoisotopic (exact) mass is 288 g/mol. The Hall–Kier alpha value is -1.51. The lowest BCUT2D eigenvalue weighted by atomic mass is 9.74. The summed E-state index contributed by atoms with van der Waals surface area (Å²) in [6.07, 6.45) is 4.60. The zero-order valence-electron chi connectivity index (χ0n) is 13.7. The molecule has 0 heterocycles. The Morgan fingerprint density at radius 3 is 2.48 bits per heavy atom. The highest BCUT2D eigenvalue weighted by Crippen LogP contribution is 2.35. The van der Waals surface area contributed by atoms with Crippen LogP contribution in [0.2, 0.25) is 0 Å². The van der Waals surface area contributed by atoms with E-state index in [9.17, 15) is 4.79 Å². The first kappa shape index (κ1) is 15.9. The lowest BCUT2D eigenvalue weighted by Gasteiger charge is -2.37. The largest absolute Gasteiger partial charge is 0.399 e. The fourth-order valence-electron chi connectivity index (χ4n) is 3.22. The van der Waals surface area contributed by atoms with Crippen LogP contribution < -0.4 is 11.1 Å². The first-order chi connectivity index (χ1) is 9.71. The molecule has 0 radical (unpaired) electrons. The predicted octanol–water partition coefficient (Wildman–Crippen LogP) is 3.63. The average molecular weight is 288 g/mol. The normalized spacial score (nSPS) is 21.8. The molecule has 3 heteroatoms. The minimum Gasteiger partial charge on any atom is -0.399 e. The fraction of sp³-hybridized carbons (Fsp3) is 0.611. The summed E-state index contributed by atoms with van der Waals surface area (Å²) in [5.41, 5.74) is 7.26. The van der Waals surface area contributed by atoms with Crippen LogP contribution in [0.25, 0.3) is 0 Å². The van der Waals surface area contributed by atoms with Gasteiger partial charge < -0.3 is 11.1 Å². The maximum Gasteiger partial charge on any atom is 0.230 e. The van der Waals surface area contributed by atoms with Gasteiger partial charge in [0.15, 0.2) is 0 Å². The summed E-state index contributed by atoms with van der Waals surface area (Å²) < 4.78 is 0. The quantitative estimate of drug-likeness (QED) is 0.834. The molecule has 1 aliphatic rings. The molecular formula is C18H28N2O. The van der Waals surface area contributed by atoms with Gasteiger partial charge in [0.25, 0.3) is 0 Å². The summed E-state index contributed by atoms with van der Waals surface area (Å²) >= 11 is 0. The van der Waals surface area contributed by atoms with E-state index in [-0.39, 0.29) is 5.91 Å². The molecule has 3 nitrogen and oxygen atoms in total. The number of nitrogens with two attached hydrogens (primary N) is 1. The number of nitrogens with one attached hydrogen (secondary N) is 1. The fourth-order valence-corrected chi connectivity index (χ4v) is 3.22. The van der Waals surface area contributed by atoms with Crippen molar-refractivity contribution in [2.24, 2.45) is 5.41 Å². The molecular weight excluding hydrogens is 260 g/mol. The molecule has 0 aromatic heterocycles. The topological polar surface area (TPSA) is 55.1 Å². The van der Waals surface area contributed by atoms with Gasteiger partial charge in [-0.2, -0.15) is 0 Å². The Kier molecular flexibility index (Phi) is 4.31. The molecule has 21 heavy (non-hydrogen) atoms. The Bertz CT molecular complexity index is 502. The van der Waals surface area contributed by atoms with Crippen LogP contribution in [-0.2, 0) is 10.2 Å². The van der Waals surface area contributed by atoms with E-state index in [1.54, 1.807) is 0 Å². The maximum atomic E-state index is 12.7. The van der Waals surface area contributed by atoms with Gasteiger partial charge in [-0.05, 0) is 56.2 Å². The lowest BCUT2D eigenvalue weighted by Crippen LogP contribution is -2.47. The zero-order chi connectivity index (χ0) is 15.7. The molecule has 116 valence electrons. The molecule has 1 amide bonds. The molecule has 0 bridgehead atoms. The Morgan fingerprint density at radius 1 is 1.29 bits per heavy atom. The maximum absolute atomic E-state index is 12.7. The third-order valence-corrected chi connectivity index (χ3v) is 4.74. The molecule has 1 fully saturated rings. The zero-order valence-corrected chi connectivity index (χ0v) is 13.7. The molecule has 3 N–H and O–H groups in total. The SMILES string of the molecule is CC1(C)CCCC(NC(=O)C(C)(C)c2ccc(N)cc2)C1. The molecule has 1 unspecified atom stereocenters. The smallest absolute Gasteiger partial charge is 0.230 e. The van der Waals surface area contributed by atoms with Gasteiger partial charge in [-0.3, -0.25) is 4.79 Å². The van der Waals surface area contributed by atoms with Crippen molar-refractivity contribution in [3.63, 3.8) is 0 Å². The summed E-state index contributed by atoms with van der Waals surface area (Å²) in [4.78, 5) is 12.7. The van der Waals surface area contributed by atoms with E-state index in [0.717, 1.165) is 24.1 Å². The van der Waals surface area contributed by atoms with E-state index >= 15 is 0 Å². The summed E-state index contributed by atoms with van der Waals surface area (Å²) in [5, 5.41) is 3.26. The first-order valence-electron chi connectivity index (χ1n) is 7.88. The van der Waals surface area contributed by atoms with Crippen LogP contribution in [-0.4, -0.2) is 11.9 Å². The Labute approximate surface area is 128 Å². The van der Waals surface area contributed by atoms with E-state index in [1.807, 2.05) is 38.1 Å². The van der Waals surface area contributed by atoms with Crippen molar-refractivity contribution >= 4 is 11.6 Å². The second-order valence-electron chi connectivity index (χ2n) is 7.68. The van der Waals surface area contributed by atoms with Gasteiger partial charge in [0.2, 0.25) is 5.91 Å². The highest BCUT2D eigenvalue weighted by atomic mass is 16.2. The number of hydrogen-bond acceptors (Lipinski definition) is 2. The summed E-state index contributed by atoms with van der Waals surface area (Å²) in [7, 11) is 0. The van der Waals surface area contributed by atoms with Gasteiger partial charge in [0.05, 0.1) is 5.41 Å². The molecule has 0 aliphatic heterocycles. The van der Waals surface area contributed by atoms with E-state index in [1.165, 1.54) is 12.8 Å². The number of amides is 1. The molecule has 1 aliphatic carbocycles. The summed E-state index contributed by atoms with van der Waals surface area (Å²) in [5.74, 6) is 0.106.